The molecule has 0 saturated heterocycles. The van der Waals surface area contributed by atoms with Crippen molar-refractivity contribution in [2.75, 3.05) is 11.5 Å². The van der Waals surface area contributed by atoms with E-state index in [1.807, 2.05) is 0 Å². The molecule has 3 rings (SSSR count). The Morgan fingerprint density at radius 2 is 2.12 bits per heavy atom. The van der Waals surface area contributed by atoms with Crippen LogP contribution in [-0.4, -0.2) is 25.7 Å². The van der Waals surface area contributed by atoms with Crippen LogP contribution in [0.15, 0.2) is 18.2 Å². The molecule has 0 fully saturated rings. The van der Waals surface area contributed by atoms with Gasteiger partial charge in [-0.15, -0.1) is 0 Å². The number of nitro benzene ring substituents is 1. The Labute approximate surface area is 141 Å². The number of anilines is 2. The van der Waals surface area contributed by atoms with Gasteiger partial charge in [-0.3, -0.25) is 14.9 Å². The van der Waals surface area contributed by atoms with Crippen molar-refractivity contribution < 1.29 is 9.72 Å². The molecule has 0 saturated carbocycles. The Bertz CT molecular complexity index is 872. The Balaban J connectivity index is 1.95. The topological polar surface area (TPSA) is 141 Å². The van der Waals surface area contributed by atoms with Crippen molar-refractivity contribution in [1.29, 1.82) is 0 Å². The van der Waals surface area contributed by atoms with Gasteiger partial charge in [-0.05, 0) is 13.0 Å². The summed E-state index contributed by atoms with van der Waals surface area (Å²) in [6, 6.07) is 3.35. The molecule has 10 heteroatoms. The first-order chi connectivity index (χ1) is 11.3. The summed E-state index contributed by atoms with van der Waals surface area (Å²) in [5.74, 6) is -0.103. The number of nitrogens with two attached hydrogens (primary N) is 2. The molecule has 0 spiro atoms. The second-order valence-electron chi connectivity index (χ2n) is 5.36. The second-order valence-corrected chi connectivity index (χ2v) is 5.77. The lowest BCUT2D eigenvalue weighted by atomic mass is 10.1. The van der Waals surface area contributed by atoms with Crippen molar-refractivity contribution >= 4 is 35.0 Å². The number of halogens is 1. The molecule has 0 aliphatic carbocycles. The normalized spacial score (nSPS) is 16.1. The fraction of sp³-hybridized carbons (Fsp3) is 0.214. The van der Waals surface area contributed by atoms with Crippen LogP contribution in [-0.2, 0) is 6.54 Å². The summed E-state index contributed by atoms with van der Waals surface area (Å²) in [5.41, 5.74) is 12.7. The molecule has 24 heavy (non-hydrogen) atoms. The molecule has 2 heterocycles. The summed E-state index contributed by atoms with van der Waals surface area (Å²) in [7, 11) is 0. The number of aromatic nitrogens is 2. The zero-order valence-corrected chi connectivity index (χ0v) is 13.3. The highest BCUT2D eigenvalue weighted by molar-refractivity contribution is 6.34. The fourth-order valence-corrected chi connectivity index (χ4v) is 2.95. The summed E-state index contributed by atoms with van der Waals surface area (Å²) >= 11 is 6.04. The lowest BCUT2D eigenvalue weighted by Gasteiger charge is -2.21. The van der Waals surface area contributed by atoms with Gasteiger partial charge in [0.25, 0.3) is 11.6 Å². The number of fused-ring (bicyclic) bond motifs is 1. The molecule has 1 aliphatic heterocycles. The minimum Gasteiger partial charge on any atom is -0.383 e. The third-order valence-electron chi connectivity index (χ3n) is 3.93. The van der Waals surface area contributed by atoms with Gasteiger partial charge >= 0.3 is 0 Å². The SMILES string of the molecule is CC1c2nc(N)nc(N)c2CN1C(=O)c1ccc([N+](=O)[O-])cc1Cl. The molecule has 0 bridgehead atoms. The third kappa shape index (κ3) is 2.48. The lowest BCUT2D eigenvalue weighted by molar-refractivity contribution is -0.384. The fourth-order valence-electron chi connectivity index (χ4n) is 2.69. The number of carbonyl (C=O) groups is 1. The van der Waals surface area contributed by atoms with Crippen molar-refractivity contribution in [1.82, 2.24) is 14.9 Å². The first-order valence-corrected chi connectivity index (χ1v) is 7.34. The largest absolute Gasteiger partial charge is 0.383 e. The van der Waals surface area contributed by atoms with Crippen molar-refractivity contribution in [2.45, 2.75) is 19.5 Å². The van der Waals surface area contributed by atoms with Crippen LogP contribution in [0.1, 0.15) is 34.6 Å². The van der Waals surface area contributed by atoms with Crippen LogP contribution in [0, 0.1) is 10.1 Å². The average Bonchev–Trinajstić information content (AvgIpc) is 2.84. The van der Waals surface area contributed by atoms with Crippen LogP contribution in [0.25, 0.3) is 0 Å². The number of non-ortho nitro benzene ring substituents is 1. The quantitative estimate of drug-likeness (QED) is 0.623. The Morgan fingerprint density at radius 3 is 2.75 bits per heavy atom. The molecule has 1 amide bonds. The van der Waals surface area contributed by atoms with Gasteiger partial charge in [0.05, 0.1) is 33.8 Å². The molecule has 1 atom stereocenters. The van der Waals surface area contributed by atoms with E-state index >= 15 is 0 Å². The molecule has 2 aromatic rings. The maximum absolute atomic E-state index is 12.8. The number of nitrogens with zero attached hydrogens (tertiary/aromatic N) is 4. The number of amides is 1. The molecule has 9 nitrogen and oxygen atoms in total. The Kier molecular flexibility index (Phi) is 3.72. The van der Waals surface area contributed by atoms with E-state index in [9.17, 15) is 14.9 Å². The van der Waals surface area contributed by atoms with E-state index in [4.69, 9.17) is 23.1 Å². The highest BCUT2D eigenvalue weighted by atomic mass is 35.5. The van der Waals surface area contributed by atoms with E-state index in [1.165, 1.54) is 17.0 Å². The molecular formula is C14H13ClN6O3. The highest BCUT2D eigenvalue weighted by Gasteiger charge is 2.35. The Hall–Kier alpha value is -2.94. The predicted molar refractivity (Wildman–Crippen MR) is 87.3 cm³/mol. The Morgan fingerprint density at radius 1 is 1.42 bits per heavy atom. The second kappa shape index (κ2) is 5.60. The summed E-state index contributed by atoms with van der Waals surface area (Å²) in [4.78, 5) is 32.5. The van der Waals surface area contributed by atoms with Crippen LogP contribution < -0.4 is 11.5 Å². The number of nitro groups is 1. The predicted octanol–water partition coefficient (Wildman–Crippen LogP) is 1.92. The van der Waals surface area contributed by atoms with E-state index < -0.39 is 4.92 Å². The van der Waals surface area contributed by atoms with E-state index in [-0.39, 0.29) is 46.5 Å². The van der Waals surface area contributed by atoms with Crippen molar-refractivity contribution in [3.63, 3.8) is 0 Å². The molecule has 124 valence electrons. The number of nitrogen functional groups attached to an aromatic ring is 2. The van der Waals surface area contributed by atoms with Crippen molar-refractivity contribution in [2.24, 2.45) is 0 Å². The van der Waals surface area contributed by atoms with Crippen molar-refractivity contribution in [3.8, 4) is 0 Å². The van der Waals surface area contributed by atoms with Gasteiger partial charge in [0.2, 0.25) is 5.95 Å². The van der Waals surface area contributed by atoms with Crippen LogP contribution in [0.2, 0.25) is 5.02 Å². The smallest absolute Gasteiger partial charge is 0.270 e. The van der Waals surface area contributed by atoms with Crippen LogP contribution in [0.3, 0.4) is 0 Å². The minimum atomic E-state index is -0.576. The van der Waals surface area contributed by atoms with Gasteiger partial charge in [0.15, 0.2) is 0 Å². The number of hydrogen-bond donors (Lipinski definition) is 2. The van der Waals surface area contributed by atoms with Gasteiger partial charge in [0.1, 0.15) is 5.82 Å². The number of benzene rings is 1. The maximum Gasteiger partial charge on any atom is 0.270 e. The van der Waals surface area contributed by atoms with Gasteiger partial charge < -0.3 is 16.4 Å². The maximum atomic E-state index is 12.8. The van der Waals surface area contributed by atoms with Gasteiger partial charge in [0, 0.05) is 17.7 Å². The third-order valence-corrected chi connectivity index (χ3v) is 4.25. The lowest BCUT2D eigenvalue weighted by Crippen LogP contribution is -2.28. The monoisotopic (exact) mass is 348 g/mol. The first-order valence-electron chi connectivity index (χ1n) is 6.96. The molecule has 0 radical (unpaired) electrons. The molecule has 1 aliphatic rings. The molecule has 1 unspecified atom stereocenters. The van der Waals surface area contributed by atoms with Gasteiger partial charge in [-0.1, -0.05) is 11.6 Å². The van der Waals surface area contributed by atoms with Crippen LogP contribution in [0.4, 0.5) is 17.5 Å². The number of rotatable bonds is 2. The summed E-state index contributed by atoms with van der Waals surface area (Å²) < 4.78 is 0. The summed E-state index contributed by atoms with van der Waals surface area (Å²) in [6.45, 7) is 2.00. The molecule has 1 aromatic carbocycles. The zero-order valence-electron chi connectivity index (χ0n) is 12.6. The van der Waals surface area contributed by atoms with E-state index in [0.29, 0.717) is 11.3 Å². The van der Waals surface area contributed by atoms with E-state index in [2.05, 4.69) is 9.97 Å². The summed E-state index contributed by atoms with van der Waals surface area (Å²) in [6.07, 6.45) is 0. The zero-order chi connectivity index (χ0) is 17.6. The van der Waals surface area contributed by atoms with E-state index in [1.54, 1.807) is 6.92 Å². The first kappa shape index (κ1) is 15.9. The summed E-state index contributed by atoms with van der Waals surface area (Å²) in [5, 5.41) is 10.8. The highest BCUT2D eigenvalue weighted by Crippen LogP contribution is 2.36. The van der Waals surface area contributed by atoms with Gasteiger partial charge in [-0.25, -0.2) is 4.98 Å². The molecular weight excluding hydrogens is 336 g/mol. The van der Waals surface area contributed by atoms with E-state index in [0.717, 1.165) is 6.07 Å². The average molecular weight is 349 g/mol. The van der Waals surface area contributed by atoms with Crippen LogP contribution >= 0.6 is 11.6 Å². The van der Waals surface area contributed by atoms with Crippen molar-refractivity contribution in [3.05, 3.63) is 50.2 Å². The standard InChI is InChI=1S/C14H13ClN6O3/c1-6-11-9(12(16)19-14(17)18-11)5-20(6)13(22)8-3-2-7(21(23)24)4-10(8)15/h2-4,6H,5H2,1H3,(H4,16,17,18,19). The van der Waals surface area contributed by atoms with Crippen LogP contribution in [0.5, 0.6) is 0 Å². The number of carbonyl (C=O) groups excluding carboxylic acids is 1. The molecule has 1 aromatic heterocycles. The minimum absolute atomic E-state index is 0.0101. The molecule has 4 N–H and O–H groups in total. The van der Waals surface area contributed by atoms with Gasteiger partial charge in [-0.2, -0.15) is 4.98 Å². The number of hydrogen-bond acceptors (Lipinski definition) is 7.